The van der Waals surface area contributed by atoms with Crippen LogP contribution in [0.25, 0.3) is 0 Å². The largest absolute Gasteiger partial charge is 0.311 e. The first-order valence-electron chi connectivity index (χ1n) is 8.44. The van der Waals surface area contributed by atoms with Gasteiger partial charge in [-0.2, -0.15) is 4.31 Å². The molecule has 0 aliphatic carbocycles. The number of sulfonamides is 1. The van der Waals surface area contributed by atoms with Crippen molar-refractivity contribution in [2.45, 2.75) is 24.2 Å². The second kappa shape index (κ2) is 7.37. The van der Waals surface area contributed by atoms with E-state index in [0.717, 1.165) is 24.9 Å². The molecule has 0 radical (unpaired) electrons. The quantitative estimate of drug-likeness (QED) is 0.844. The Balaban J connectivity index is 1.97. The first kappa shape index (κ1) is 17.6. The topological polar surface area (TPSA) is 57.7 Å². The van der Waals surface area contributed by atoms with Crippen LogP contribution in [0.4, 0.5) is 5.69 Å². The second-order valence-electron chi connectivity index (χ2n) is 6.16. The molecule has 1 saturated heterocycles. The molecule has 1 aliphatic rings. The van der Waals surface area contributed by atoms with Crippen LogP contribution in [0.3, 0.4) is 0 Å². The van der Waals surface area contributed by atoms with E-state index < -0.39 is 10.0 Å². The molecule has 1 amide bonds. The highest BCUT2D eigenvalue weighted by Crippen LogP contribution is 2.25. The van der Waals surface area contributed by atoms with E-state index >= 15 is 0 Å². The van der Waals surface area contributed by atoms with Crippen molar-refractivity contribution in [3.63, 3.8) is 0 Å². The summed E-state index contributed by atoms with van der Waals surface area (Å²) < 4.78 is 27.5. The summed E-state index contributed by atoms with van der Waals surface area (Å²) in [4.78, 5) is 14.5. The van der Waals surface area contributed by atoms with Gasteiger partial charge >= 0.3 is 0 Å². The van der Waals surface area contributed by atoms with Gasteiger partial charge in [-0.3, -0.25) is 4.79 Å². The van der Waals surface area contributed by atoms with Gasteiger partial charge in [-0.25, -0.2) is 8.42 Å². The van der Waals surface area contributed by atoms with Gasteiger partial charge in [-0.15, -0.1) is 0 Å². The number of benzene rings is 2. The summed E-state index contributed by atoms with van der Waals surface area (Å²) in [6.45, 7) is 1.03. The molecule has 0 spiro atoms. The highest BCUT2D eigenvalue weighted by molar-refractivity contribution is 7.89. The molecule has 0 aromatic heterocycles. The third kappa shape index (κ3) is 3.60. The maximum absolute atomic E-state index is 13.0. The Morgan fingerprint density at radius 3 is 2.20 bits per heavy atom. The van der Waals surface area contributed by atoms with Crippen LogP contribution in [0.15, 0.2) is 59.5 Å². The minimum Gasteiger partial charge on any atom is -0.311 e. The summed E-state index contributed by atoms with van der Waals surface area (Å²) in [6.07, 6.45) is 2.77. The Kier molecular flexibility index (Phi) is 5.20. The number of hydrogen-bond acceptors (Lipinski definition) is 3. The molecule has 132 valence electrons. The van der Waals surface area contributed by atoms with Crippen molar-refractivity contribution in [1.29, 1.82) is 0 Å². The predicted octanol–water partition coefficient (Wildman–Crippen LogP) is 3.14. The smallest absolute Gasteiger partial charge is 0.259 e. The van der Waals surface area contributed by atoms with E-state index in [0.29, 0.717) is 13.1 Å². The maximum Gasteiger partial charge on any atom is 0.259 e. The predicted molar refractivity (Wildman–Crippen MR) is 98.2 cm³/mol. The van der Waals surface area contributed by atoms with Crippen molar-refractivity contribution in [3.8, 4) is 0 Å². The van der Waals surface area contributed by atoms with E-state index in [4.69, 9.17) is 0 Å². The van der Waals surface area contributed by atoms with Crippen LogP contribution < -0.4 is 4.90 Å². The minimum absolute atomic E-state index is 0.0877. The van der Waals surface area contributed by atoms with Crippen LogP contribution in [0, 0.1) is 0 Å². The van der Waals surface area contributed by atoms with Crippen LogP contribution in [0.2, 0.25) is 0 Å². The monoisotopic (exact) mass is 358 g/mol. The van der Waals surface area contributed by atoms with E-state index in [2.05, 4.69) is 0 Å². The zero-order chi connectivity index (χ0) is 17.9. The first-order chi connectivity index (χ1) is 12.0. The van der Waals surface area contributed by atoms with Gasteiger partial charge in [0.2, 0.25) is 10.0 Å². The molecule has 6 heteroatoms. The minimum atomic E-state index is -3.67. The third-order valence-electron chi connectivity index (χ3n) is 4.50. The lowest BCUT2D eigenvalue weighted by atomic mass is 10.2. The number of rotatable bonds is 4. The Morgan fingerprint density at radius 2 is 1.52 bits per heavy atom. The molecule has 1 aliphatic heterocycles. The molecule has 1 heterocycles. The number of amides is 1. The van der Waals surface area contributed by atoms with Gasteiger partial charge in [0, 0.05) is 25.8 Å². The molecule has 0 atom stereocenters. The lowest BCUT2D eigenvalue weighted by Crippen LogP contribution is -2.37. The molecule has 0 N–H and O–H groups in total. The van der Waals surface area contributed by atoms with Gasteiger partial charge in [-0.1, -0.05) is 36.8 Å². The SMILES string of the molecule is CN(C(=O)c1ccccc1S(=O)(=O)N1CCCCC1)c1ccccc1. The number of piperidine rings is 1. The molecule has 0 saturated carbocycles. The highest BCUT2D eigenvalue weighted by Gasteiger charge is 2.30. The van der Waals surface area contributed by atoms with Gasteiger partial charge < -0.3 is 4.90 Å². The summed E-state index contributed by atoms with van der Waals surface area (Å²) >= 11 is 0. The third-order valence-corrected chi connectivity index (χ3v) is 6.46. The molecular formula is C19H22N2O3S. The van der Waals surface area contributed by atoms with Gasteiger partial charge in [0.1, 0.15) is 0 Å². The van der Waals surface area contributed by atoms with Crippen molar-refractivity contribution in [2.24, 2.45) is 0 Å². The van der Waals surface area contributed by atoms with Gasteiger partial charge in [0.05, 0.1) is 10.5 Å². The molecule has 0 unspecified atom stereocenters. The van der Waals surface area contributed by atoms with Crippen molar-refractivity contribution < 1.29 is 13.2 Å². The number of para-hydroxylation sites is 1. The molecule has 25 heavy (non-hydrogen) atoms. The van der Waals surface area contributed by atoms with Crippen molar-refractivity contribution in [1.82, 2.24) is 4.31 Å². The first-order valence-corrected chi connectivity index (χ1v) is 9.88. The van der Waals surface area contributed by atoms with E-state index in [1.54, 1.807) is 25.2 Å². The normalized spacial score (nSPS) is 15.7. The van der Waals surface area contributed by atoms with E-state index in [-0.39, 0.29) is 16.4 Å². The van der Waals surface area contributed by atoms with Crippen LogP contribution in [0.1, 0.15) is 29.6 Å². The lowest BCUT2D eigenvalue weighted by Gasteiger charge is -2.27. The summed E-state index contributed by atoms with van der Waals surface area (Å²) in [5.41, 5.74) is 0.928. The average molecular weight is 358 g/mol. The van der Waals surface area contributed by atoms with E-state index in [1.165, 1.54) is 15.3 Å². The summed E-state index contributed by atoms with van der Waals surface area (Å²) in [6, 6.07) is 15.7. The number of anilines is 1. The molecule has 0 bridgehead atoms. The van der Waals surface area contributed by atoms with Crippen LogP contribution in [0.5, 0.6) is 0 Å². The fourth-order valence-electron chi connectivity index (χ4n) is 3.06. The Bertz CT molecular complexity index is 844. The van der Waals surface area contributed by atoms with Crippen LogP contribution >= 0.6 is 0 Å². The fourth-order valence-corrected chi connectivity index (χ4v) is 4.76. The summed E-state index contributed by atoms with van der Waals surface area (Å²) in [5.74, 6) is -0.331. The Labute approximate surface area is 148 Å². The lowest BCUT2D eigenvalue weighted by molar-refractivity contribution is 0.0989. The Morgan fingerprint density at radius 1 is 0.920 bits per heavy atom. The Hall–Kier alpha value is -2.18. The fraction of sp³-hybridized carbons (Fsp3) is 0.316. The van der Waals surface area contributed by atoms with Gasteiger partial charge in [0.25, 0.3) is 5.91 Å². The van der Waals surface area contributed by atoms with Crippen molar-refractivity contribution in [3.05, 3.63) is 60.2 Å². The van der Waals surface area contributed by atoms with Crippen molar-refractivity contribution >= 4 is 21.6 Å². The molecule has 1 fully saturated rings. The zero-order valence-electron chi connectivity index (χ0n) is 14.3. The zero-order valence-corrected chi connectivity index (χ0v) is 15.1. The summed E-state index contributed by atoms with van der Waals surface area (Å²) in [5, 5.41) is 0. The standard InChI is InChI=1S/C19H22N2O3S/c1-20(16-10-4-2-5-11-16)19(22)17-12-6-7-13-18(17)25(23,24)21-14-8-3-9-15-21/h2,4-7,10-13H,3,8-9,14-15H2,1H3. The van der Waals surface area contributed by atoms with Crippen molar-refractivity contribution in [2.75, 3.05) is 25.0 Å². The molecule has 5 nitrogen and oxygen atoms in total. The molecule has 2 aromatic rings. The molecular weight excluding hydrogens is 336 g/mol. The van der Waals surface area contributed by atoms with Crippen LogP contribution in [-0.4, -0.2) is 38.8 Å². The maximum atomic E-state index is 13.0. The number of carbonyl (C=O) groups excluding carboxylic acids is 1. The number of hydrogen-bond donors (Lipinski definition) is 0. The van der Waals surface area contributed by atoms with E-state index in [9.17, 15) is 13.2 Å². The summed E-state index contributed by atoms with van der Waals surface area (Å²) in [7, 11) is -2.01. The van der Waals surface area contributed by atoms with E-state index in [1.807, 2.05) is 30.3 Å². The second-order valence-corrected chi connectivity index (χ2v) is 8.07. The van der Waals surface area contributed by atoms with Gasteiger partial charge in [0.15, 0.2) is 0 Å². The number of carbonyl (C=O) groups is 1. The average Bonchev–Trinajstić information content (AvgIpc) is 2.68. The molecule has 2 aromatic carbocycles. The molecule has 3 rings (SSSR count). The van der Waals surface area contributed by atoms with Crippen LogP contribution in [-0.2, 0) is 10.0 Å². The van der Waals surface area contributed by atoms with Gasteiger partial charge in [-0.05, 0) is 37.1 Å². The highest BCUT2D eigenvalue weighted by atomic mass is 32.2. The number of nitrogens with zero attached hydrogens (tertiary/aromatic N) is 2.